The van der Waals surface area contributed by atoms with Crippen LogP contribution < -0.4 is 10.1 Å². The number of nitrogens with one attached hydrogen (secondary N) is 1. The van der Waals surface area contributed by atoms with Crippen molar-refractivity contribution >= 4 is 11.0 Å². The van der Waals surface area contributed by atoms with Crippen LogP contribution >= 0.6 is 0 Å². The first-order valence-corrected chi connectivity index (χ1v) is 7.68. The third kappa shape index (κ3) is 3.54. The van der Waals surface area contributed by atoms with Gasteiger partial charge in [0.15, 0.2) is 0 Å². The molecule has 0 saturated carbocycles. The minimum absolute atomic E-state index is 0.308. The molecule has 3 nitrogen and oxygen atoms in total. The van der Waals surface area contributed by atoms with E-state index in [-0.39, 0.29) is 0 Å². The van der Waals surface area contributed by atoms with Crippen LogP contribution in [0.4, 0.5) is 0 Å². The predicted molar refractivity (Wildman–Crippen MR) is 83.3 cm³/mol. The van der Waals surface area contributed by atoms with E-state index in [0.29, 0.717) is 12.6 Å². The topological polar surface area (TPSA) is 34.4 Å². The molecular formula is C17H25NO2. The fraction of sp³-hybridized carbons (Fsp3) is 0.529. The van der Waals surface area contributed by atoms with Crippen LogP contribution in [-0.4, -0.2) is 13.2 Å². The van der Waals surface area contributed by atoms with Crippen LogP contribution in [0.5, 0.6) is 5.75 Å². The highest BCUT2D eigenvalue weighted by atomic mass is 16.5. The lowest BCUT2D eigenvalue weighted by atomic mass is 10.1. The number of ether oxygens (including phenoxy) is 1. The first kappa shape index (κ1) is 14.9. The monoisotopic (exact) mass is 275 g/mol. The zero-order valence-corrected chi connectivity index (χ0v) is 12.7. The Kier molecular flexibility index (Phi) is 5.48. The molecule has 110 valence electrons. The van der Waals surface area contributed by atoms with Gasteiger partial charge in [0.2, 0.25) is 0 Å². The van der Waals surface area contributed by atoms with Crippen molar-refractivity contribution in [2.45, 2.75) is 46.1 Å². The molecule has 0 amide bonds. The van der Waals surface area contributed by atoms with Crippen LogP contribution in [0.15, 0.2) is 28.7 Å². The van der Waals surface area contributed by atoms with Gasteiger partial charge in [0.1, 0.15) is 17.1 Å². The molecule has 0 radical (unpaired) electrons. The second kappa shape index (κ2) is 7.34. The van der Waals surface area contributed by atoms with E-state index >= 15 is 0 Å². The lowest BCUT2D eigenvalue weighted by Gasteiger charge is -2.14. The smallest absolute Gasteiger partial charge is 0.134 e. The summed E-state index contributed by atoms with van der Waals surface area (Å²) >= 11 is 0. The number of hydrogen-bond acceptors (Lipinski definition) is 3. The standard InChI is InChI=1S/C17H25NO2/c1-4-7-15(18-10-5-2)17-12-13-11-14(19-6-3)8-9-16(13)20-17/h8-9,11-12,15,18H,4-7,10H2,1-3H3. The molecule has 1 N–H and O–H groups in total. The van der Waals surface area contributed by atoms with E-state index in [9.17, 15) is 0 Å². The molecule has 0 aliphatic rings. The second-order valence-electron chi connectivity index (χ2n) is 5.08. The quantitative estimate of drug-likeness (QED) is 0.760. The lowest BCUT2D eigenvalue weighted by Crippen LogP contribution is -2.21. The van der Waals surface area contributed by atoms with Crippen molar-refractivity contribution in [1.29, 1.82) is 0 Å². The van der Waals surface area contributed by atoms with Gasteiger partial charge < -0.3 is 14.5 Å². The first-order chi connectivity index (χ1) is 9.78. The van der Waals surface area contributed by atoms with E-state index in [1.807, 2.05) is 19.1 Å². The Bertz CT molecular complexity index is 533. The van der Waals surface area contributed by atoms with Crippen molar-refractivity contribution in [2.75, 3.05) is 13.2 Å². The summed E-state index contributed by atoms with van der Waals surface area (Å²) in [5.41, 5.74) is 0.933. The Balaban J connectivity index is 2.23. The zero-order valence-electron chi connectivity index (χ0n) is 12.7. The summed E-state index contributed by atoms with van der Waals surface area (Å²) in [6.45, 7) is 8.09. The maximum absolute atomic E-state index is 5.99. The van der Waals surface area contributed by atoms with Gasteiger partial charge in [-0.3, -0.25) is 0 Å². The van der Waals surface area contributed by atoms with Crippen molar-refractivity contribution in [1.82, 2.24) is 5.32 Å². The Morgan fingerprint density at radius 1 is 1.15 bits per heavy atom. The molecule has 20 heavy (non-hydrogen) atoms. The molecule has 0 aliphatic heterocycles. The predicted octanol–water partition coefficient (Wildman–Crippen LogP) is 4.67. The minimum Gasteiger partial charge on any atom is -0.494 e. The summed E-state index contributed by atoms with van der Waals surface area (Å²) in [5.74, 6) is 1.94. The maximum Gasteiger partial charge on any atom is 0.134 e. The average molecular weight is 275 g/mol. The number of hydrogen-bond donors (Lipinski definition) is 1. The lowest BCUT2D eigenvalue weighted by molar-refractivity contribution is 0.340. The van der Waals surface area contributed by atoms with Crippen molar-refractivity contribution in [3.8, 4) is 5.75 Å². The Morgan fingerprint density at radius 3 is 2.70 bits per heavy atom. The average Bonchev–Trinajstić information content (AvgIpc) is 2.86. The van der Waals surface area contributed by atoms with Crippen LogP contribution in [-0.2, 0) is 0 Å². The summed E-state index contributed by atoms with van der Waals surface area (Å²) in [4.78, 5) is 0. The molecule has 1 aromatic heterocycles. The molecule has 2 aromatic rings. The van der Waals surface area contributed by atoms with Gasteiger partial charge >= 0.3 is 0 Å². The van der Waals surface area contributed by atoms with Gasteiger partial charge in [-0.2, -0.15) is 0 Å². The van der Waals surface area contributed by atoms with E-state index in [0.717, 1.165) is 48.3 Å². The molecule has 0 aliphatic carbocycles. The highest BCUT2D eigenvalue weighted by molar-refractivity contribution is 5.79. The summed E-state index contributed by atoms with van der Waals surface area (Å²) in [7, 11) is 0. The van der Waals surface area contributed by atoms with Gasteiger partial charge in [0, 0.05) is 5.39 Å². The van der Waals surface area contributed by atoms with Crippen molar-refractivity contribution in [3.05, 3.63) is 30.0 Å². The van der Waals surface area contributed by atoms with Crippen LogP contribution in [0.2, 0.25) is 0 Å². The Hall–Kier alpha value is -1.48. The number of rotatable bonds is 8. The van der Waals surface area contributed by atoms with Crippen LogP contribution in [0, 0.1) is 0 Å². The van der Waals surface area contributed by atoms with Gasteiger partial charge in [0.25, 0.3) is 0 Å². The highest BCUT2D eigenvalue weighted by Gasteiger charge is 2.15. The molecular weight excluding hydrogens is 250 g/mol. The third-order valence-electron chi connectivity index (χ3n) is 3.38. The third-order valence-corrected chi connectivity index (χ3v) is 3.38. The Labute approximate surface area is 121 Å². The largest absolute Gasteiger partial charge is 0.494 e. The summed E-state index contributed by atoms with van der Waals surface area (Å²) < 4.78 is 11.5. The normalized spacial score (nSPS) is 12.8. The van der Waals surface area contributed by atoms with Gasteiger partial charge in [-0.25, -0.2) is 0 Å². The maximum atomic E-state index is 5.99. The summed E-state index contributed by atoms with van der Waals surface area (Å²) in [5, 5.41) is 4.68. The second-order valence-corrected chi connectivity index (χ2v) is 5.08. The fourth-order valence-electron chi connectivity index (χ4n) is 2.42. The summed E-state index contributed by atoms with van der Waals surface area (Å²) in [6, 6.07) is 8.46. The van der Waals surface area contributed by atoms with Crippen molar-refractivity contribution < 1.29 is 9.15 Å². The molecule has 1 unspecified atom stereocenters. The van der Waals surface area contributed by atoms with E-state index in [4.69, 9.17) is 9.15 Å². The van der Waals surface area contributed by atoms with E-state index in [2.05, 4.69) is 31.3 Å². The molecule has 1 aromatic carbocycles. The molecule has 1 atom stereocenters. The highest BCUT2D eigenvalue weighted by Crippen LogP contribution is 2.29. The fourth-order valence-corrected chi connectivity index (χ4v) is 2.42. The molecule has 2 rings (SSSR count). The van der Waals surface area contributed by atoms with Gasteiger partial charge in [0.05, 0.1) is 12.6 Å². The molecule has 1 heterocycles. The minimum atomic E-state index is 0.308. The van der Waals surface area contributed by atoms with E-state index < -0.39 is 0 Å². The van der Waals surface area contributed by atoms with E-state index in [1.54, 1.807) is 0 Å². The number of fused-ring (bicyclic) bond motifs is 1. The summed E-state index contributed by atoms with van der Waals surface area (Å²) in [6.07, 6.45) is 3.37. The molecule has 0 bridgehead atoms. The SMILES string of the molecule is CCCNC(CCC)c1cc2cc(OCC)ccc2o1. The molecule has 3 heteroatoms. The zero-order chi connectivity index (χ0) is 14.4. The Morgan fingerprint density at radius 2 is 2.00 bits per heavy atom. The molecule has 0 spiro atoms. The van der Waals surface area contributed by atoms with Crippen LogP contribution in [0.25, 0.3) is 11.0 Å². The molecule has 0 fully saturated rings. The van der Waals surface area contributed by atoms with Crippen molar-refractivity contribution in [3.63, 3.8) is 0 Å². The van der Waals surface area contributed by atoms with Crippen LogP contribution in [0.1, 0.15) is 51.8 Å². The van der Waals surface area contributed by atoms with Crippen molar-refractivity contribution in [2.24, 2.45) is 0 Å². The van der Waals surface area contributed by atoms with Gasteiger partial charge in [-0.15, -0.1) is 0 Å². The number of benzene rings is 1. The number of furan rings is 1. The van der Waals surface area contributed by atoms with Gasteiger partial charge in [-0.05, 0) is 50.6 Å². The molecule has 0 saturated heterocycles. The van der Waals surface area contributed by atoms with E-state index in [1.165, 1.54) is 0 Å². The van der Waals surface area contributed by atoms with Crippen LogP contribution in [0.3, 0.4) is 0 Å². The first-order valence-electron chi connectivity index (χ1n) is 7.68. The van der Waals surface area contributed by atoms with Gasteiger partial charge in [-0.1, -0.05) is 20.3 Å².